The lowest BCUT2D eigenvalue weighted by atomic mass is 10.1. The van der Waals surface area contributed by atoms with E-state index < -0.39 is 9.84 Å². The number of hydrogen-bond donors (Lipinski definition) is 1. The van der Waals surface area contributed by atoms with Crippen LogP contribution in [-0.2, 0) is 16.4 Å². The summed E-state index contributed by atoms with van der Waals surface area (Å²) in [5.41, 5.74) is 2.41. The third kappa shape index (κ3) is 4.37. The first-order valence-corrected chi connectivity index (χ1v) is 10.3. The summed E-state index contributed by atoms with van der Waals surface area (Å²) < 4.78 is 23.3. The summed E-state index contributed by atoms with van der Waals surface area (Å²) in [5.74, 6) is 0.560. The molecule has 1 N–H and O–H groups in total. The smallest absolute Gasteiger partial charge is 0.270 e. The van der Waals surface area contributed by atoms with Gasteiger partial charge in [0.15, 0.2) is 9.84 Å². The van der Waals surface area contributed by atoms with E-state index in [0.29, 0.717) is 18.8 Å². The maximum absolute atomic E-state index is 12.4. The van der Waals surface area contributed by atoms with Gasteiger partial charge in [0.25, 0.3) is 5.91 Å². The van der Waals surface area contributed by atoms with E-state index in [0.717, 1.165) is 11.1 Å². The fourth-order valence-corrected chi connectivity index (χ4v) is 4.80. The molecule has 1 amide bonds. The number of aromatic nitrogens is 2. The van der Waals surface area contributed by atoms with Crippen molar-refractivity contribution >= 4 is 21.6 Å². The number of benzene rings is 1. The second-order valence-electron chi connectivity index (χ2n) is 6.60. The van der Waals surface area contributed by atoms with Crippen molar-refractivity contribution in [2.24, 2.45) is 0 Å². The fraction of sp³-hybridized carbons (Fsp3) is 0.389. The highest BCUT2D eigenvalue weighted by molar-refractivity contribution is 7.91. The van der Waals surface area contributed by atoms with Crippen molar-refractivity contribution in [3.63, 3.8) is 0 Å². The van der Waals surface area contributed by atoms with Crippen LogP contribution >= 0.6 is 0 Å². The van der Waals surface area contributed by atoms with Gasteiger partial charge >= 0.3 is 0 Å². The number of amides is 1. The molecule has 0 radical (unpaired) electrons. The molecule has 26 heavy (non-hydrogen) atoms. The molecule has 0 saturated carbocycles. The lowest BCUT2D eigenvalue weighted by Gasteiger charge is -2.24. The summed E-state index contributed by atoms with van der Waals surface area (Å²) in [5, 5.41) is 2.85. The number of nitrogens with zero attached hydrogens (tertiary/aromatic N) is 3. The van der Waals surface area contributed by atoms with Crippen LogP contribution in [0, 0.1) is 6.92 Å². The number of anilines is 1. The normalized spacial score (nSPS) is 18.5. The van der Waals surface area contributed by atoms with E-state index in [1.165, 1.54) is 6.33 Å². The van der Waals surface area contributed by atoms with Crippen molar-refractivity contribution in [1.29, 1.82) is 0 Å². The van der Waals surface area contributed by atoms with Crippen LogP contribution in [0.3, 0.4) is 0 Å². The summed E-state index contributed by atoms with van der Waals surface area (Å²) in [6.07, 6.45) is 1.90. The number of nitrogens with one attached hydrogen (secondary N) is 1. The molecule has 138 valence electrons. The average molecular weight is 374 g/mol. The molecule has 7 nitrogen and oxygen atoms in total. The van der Waals surface area contributed by atoms with Gasteiger partial charge in [-0.15, -0.1) is 0 Å². The van der Waals surface area contributed by atoms with E-state index in [9.17, 15) is 13.2 Å². The summed E-state index contributed by atoms with van der Waals surface area (Å²) >= 11 is 0. The monoisotopic (exact) mass is 374 g/mol. The Labute approximate surface area is 153 Å². The highest BCUT2D eigenvalue weighted by atomic mass is 32.2. The van der Waals surface area contributed by atoms with E-state index in [1.54, 1.807) is 13.1 Å². The highest BCUT2D eigenvalue weighted by Crippen LogP contribution is 2.21. The quantitative estimate of drug-likeness (QED) is 0.849. The predicted octanol–water partition coefficient (Wildman–Crippen LogP) is 1.34. The number of carbonyl (C=O) groups excluding carboxylic acids is 1. The van der Waals surface area contributed by atoms with Gasteiger partial charge < -0.3 is 10.2 Å². The molecule has 1 fully saturated rings. The number of sulfone groups is 1. The highest BCUT2D eigenvalue weighted by Gasteiger charge is 2.31. The molecule has 2 aromatic rings. The Balaban J connectivity index is 1.67. The van der Waals surface area contributed by atoms with Crippen molar-refractivity contribution in [2.75, 3.05) is 23.5 Å². The second kappa shape index (κ2) is 7.41. The molecular weight excluding hydrogens is 352 g/mol. The minimum Gasteiger partial charge on any atom is -0.356 e. The minimum atomic E-state index is -2.98. The molecular formula is C18H22N4O3S. The van der Waals surface area contributed by atoms with Crippen LogP contribution in [0.25, 0.3) is 0 Å². The Kier molecular flexibility index (Phi) is 5.22. The van der Waals surface area contributed by atoms with Crippen molar-refractivity contribution in [3.8, 4) is 0 Å². The molecule has 0 aliphatic carbocycles. The van der Waals surface area contributed by atoms with Gasteiger partial charge in [-0.25, -0.2) is 18.4 Å². The van der Waals surface area contributed by atoms with Gasteiger partial charge in [0.1, 0.15) is 17.8 Å². The summed E-state index contributed by atoms with van der Waals surface area (Å²) in [7, 11) is -1.19. The van der Waals surface area contributed by atoms with Crippen LogP contribution in [0.2, 0.25) is 0 Å². The maximum atomic E-state index is 12.4. The predicted molar refractivity (Wildman–Crippen MR) is 99.8 cm³/mol. The van der Waals surface area contributed by atoms with E-state index in [1.807, 2.05) is 36.1 Å². The lowest BCUT2D eigenvalue weighted by Crippen LogP contribution is -2.33. The van der Waals surface area contributed by atoms with Gasteiger partial charge in [0.2, 0.25) is 0 Å². The van der Waals surface area contributed by atoms with Gasteiger partial charge in [0, 0.05) is 25.7 Å². The third-order valence-electron chi connectivity index (χ3n) is 4.54. The Hall–Kier alpha value is -2.48. The van der Waals surface area contributed by atoms with Crippen molar-refractivity contribution < 1.29 is 13.2 Å². The van der Waals surface area contributed by atoms with Crippen LogP contribution in [0.1, 0.15) is 28.0 Å². The van der Waals surface area contributed by atoms with E-state index >= 15 is 0 Å². The summed E-state index contributed by atoms with van der Waals surface area (Å²) in [4.78, 5) is 22.4. The van der Waals surface area contributed by atoms with E-state index in [4.69, 9.17) is 0 Å². The van der Waals surface area contributed by atoms with Gasteiger partial charge in [-0.1, -0.05) is 29.8 Å². The zero-order chi connectivity index (χ0) is 18.7. The largest absolute Gasteiger partial charge is 0.356 e. The van der Waals surface area contributed by atoms with Gasteiger partial charge in [-0.3, -0.25) is 4.79 Å². The molecule has 1 unspecified atom stereocenters. The lowest BCUT2D eigenvalue weighted by molar-refractivity contribution is 0.0945. The first kappa shape index (κ1) is 18.3. The fourth-order valence-electron chi connectivity index (χ4n) is 3.03. The second-order valence-corrected chi connectivity index (χ2v) is 8.83. The maximum Gasteiger partial charge on any atom is 0.270 e. The Bertz CT molecular complexity index is 914. The molecule has 2 heterocycles. The van der Waals surface area contributed by atoms with Gasteiger partial charge in [-0.2, -0.15) is 0 Å². The first-order valence-electron chi connectivity index (χ1n) is 8.43. The van der Waals surface area contributed by atoms with E-state index in [2.05, 4.69) is 15.3 Å². The zero-order valence-corrected chi connectivity index (χ0v) is 15.7. The molecule has 1 saturated heterocycles. The third-order valence-corrected chi connectivity index (χ3v) is 6.29. The van der Waals surface area contributed by atoms with Gasteiger partial charge in [0.05, 0.1) is 11.5 Å². The molecule has 3 rings (SSSR count). The Morgan fingerprint density at radius 2 is 2.12 bits per heavy atom. The molecule has 1 aromatic heterocycles. The van der Waals surface area contributed by atoms with Crippen molar-refractivity contribution in [2.45, 2.75) is 25.9 Å². The Morgan fingerprint density at radius 1 is 1.31 bits per heavy atom. The zero-order valence-electron chi connectivity index (χ0n) is 14.8. The first-order chi connectivity index (χ1) is 12.3. The van der Waals surface area contributed by atoms with Crippen molar-refractivity contribution in [3.05, 3.63) is 53.5 Å². The van der Waals surface area contributed by atoms with Crippen LogP contribution in [0.5, 0.6) is 0 Å². The molecule has 1 aliphatic heterocycles. The van der Waals surface area contributed by atoms with Crippen LogP contribution in [-0.4, -0.2) is 48.9 Å². The number of carbonyl (C=O) groups is 1. The standard InChI is InChI=1S/C18H22N4O3S/c1-13-4-3-5-14(8-13)10-19-18(23)16-9-17(21-12-20-16)22(2)15-6-7-26(24,25)11-15/h3-5,8-9,12,15H,6-7,10-11H2,1-2H3,(H,19,23). The molecule has 0 spiro atoms. The average Bonchev–Trinajstić information content (AvgIpc) is 2.99. The summed E-state index contributed by atoms with van der Waals surface area (Å²) in [6, 6.07) is 9.38. The van der Waals surface area contributed by atoms with Crippen molar-refractivity contribution in [1.82, 2.24) is 15.3 Å². The minimum absolute atomic E-state index is 0.113. The summed E-state index contributed by atoms with van der Waals surface area (Å²) in [6.45, 7) is 2.41. The van der Waals surface area contributed by atoms with Crippen LogP contribution < -0.4 is 10.2 Å². The molecule has 0 bridgehead atoms. The van der Waals surface area contributed by atoms with E-state index in [-0.39, 0.29) is 29.1 Å². The number of aryl methyl sites for hydroxylation is 1. The molecule has 1 aliphatic rings. The molecule has 8 heteroatoms. The van der Waals surface area contributed by atoms with Crippen LogP contribution in [0.4, 0.5) is 5.82 Å². The topological polar surface area (TPSA) is 92.3 Å². The molecule has 1 aromatic carbocycles. The Morgan fingerprint density at radius 3 is 2.81 bits per heavy atom. The van der Waals surface area contributed by atoms with Crippen LogP contribution in [0.15, 0.2) is 36.7 Å². The van der Waals surface area contributed by atoms with Gasteiger partial charge in [-0.05, 0) is 18.9 Å². The molecule has 1 atom stereocenters. The number of rotatable bonds is 5. The SMILES string of the molecule is Cc1cccc(CNC(=O)c2cc(N(C)C3CCS(=O)(=O)C3)ncn2)c1. The number of hydrogen-bond acceptors (Lipinski definition) is 6.